The molecule has 2 aliphatic rings. The third-order valence-electron chi connectivity index (χ3n) is 4.21. The van der Waals surface area contributed by atoms with Crippen LogP contribution in [0, 0.1) is 0 Å². The molecule has 7 nitrogen and oxygen atoms in total. The average Bonchev–Trinajstić information content (AvgIpc) is 3.12. The minimum Gasteiger partial charge on any atom is -0.379 e. The van der Waals surface area contributed by atoms with Gasteiger partial charge in [0.15, 0.2) is 5.96 Å². The van der Waals surface area contributed by atoms with Gasteiger partial charge in [0.1, 0.15) is 0 Å². The van der Waals surface area contributed by atoms with Crippen LogP contribution < -0.4 is 10.6 Å². The van der Waals surface area contributed by atoms with Gasteiger partial charge in [0.2, 0.25) is 0 Å². The van der Waals surface area contributed by atoms with Crippen LogP contribution in [-0.4, -0.2) is 89.3 Å². The van der Waals surface area contributed by atoms with Crippen LogP contribution in [0.15, 0.2) is 4.99 Å². The van der Waals surface area contributed by atoms with E-state index in [1.165, 1.54) is 0 Å². The van der Waals surface area contributed by atoms with Crippen LogP contribution in [-0.2, 0) is 14.2 Å². The van der Waals surface area contributed by atoms with Crippen molar-refractivity contribution in [1.82, 2.24) is 15.5 Å². The predicted molar refractivity (Wildman–Crippen MR) is 95.7 cm³/mol. The van der Waals surface area contributed by atoms with Crippen molar-refractivity contribution >= 4 is 5.96 Å². The highest BCUT2D eigenvalue weighted by Crippen LogP contribution is 2.08. The van der Waals surface area contributed by atoms with E-state index in [4.69, 9.17) is 14.2 Å². The number of nitrogens with zero attached hydrogens (tertiary/aromatic N) is 2. The zero-order valence-corrected chi connectivity index (χ0v) is 15.1. The molecule has 0 aromatic rings. The molecule has 0 aliphatic carbocycles. The van der Waals surface area contributed by atoms with E-state index in [0.717, 1.165) is 97.5 Å². The zero-order chi connectivity index (χ0) is 16.9. The van der Waals surface area contributed by atoms with Crippen molar-refractivity contribution in [3.8, 4) is 0 Å². The summed E-state index contributed by atoms with van der Waals surface area (Å²) in [6.45, 7) is 12.0. The van der Waals surface area contributed by atoms with Crippen LogP contribution in [0.3, 0.4) is 0 Å². The summed E-state index contributed by atoms with van der Waals surface area (Å²) < 4.78 is 16.4. The normalized spacial score (nSPS) is 22.7. The fourth-order valence-corrected chi connectivity index (χ4v) is 2.83. The lowest BCUT2D eigenvalue weighted by atomic mass is 10.3. The SMILES string of the molecule is CCNC(=NCCCOC1CCOC1)NCCCN1CCOCC1. The lowest BCUT2D eigenvalue weighted by Gasteiger charge is -2.26. The summed E-state index contributed by atoms with van der Waals surface area (Å²) in [6, 6.07) is 0. The van der Waals surface area contributed by atoms with Crippen molar-refractivity contribution in [3.05, 3.63) is 0 Å². The molecule has 2 heterocycles. The van der Waals surface area contributed by atoms with Crippen molar-refractivity contribution in [1.29, 1.82) is 0 Å². The summed E-state index contributed by atoms with van der Waals surface area (Å²) >= 11 is 0. The first-order valence-corrected chi connectivity index (χ1v) is 9.40. The van der Waals surface area contributed by atoms with Gasteiger partial charge in [0.25, 0.3) is 0 Å². The van der Waals surface area contributed by atoms with Gasteiger partial charge in [-0.3, -0.25) is 9.89 Å². The van der Waals surface area contributed by atoms with Gasteiger partial charge in [0.05, 0.1) is 25.9 Å². The predicted octanol–water partition coefficient (Wildman–Crippen LogP) is 0.459. The van der Waals surface area contributed by atoms with Gasteiger partial charge in [-0.1, -0.05) is 0 Å². The maximum Gasteiger partial charge on any atom is 0.191 e. The van der Waals surface area contributed by atoms with E-state index >= 15 is 0 Å². The van der Waals surface area contributed by atoms with E-state index in [-0.39, 0.29) is 0 Å². The second-order valence-electron chi connectivity index (χ2n) is 6.20. The fraction of sp³-hybridized carbons (Fsp3) is 0.941. The zero-order valence-electron chi connectivity index (χ0n) is 15.1. The Morgan fingerprint density at radius 2 is 2.04 bits per heavy atom. The Bertz CT molecular complexity index is 343. The topological polar surface area (TPSA) is 67.4 Å². The molecule has 0 radical (unpaired) electrons. The second kappa shape index (κ2) is 12.5. The molecular formula is C17H34N4O3. The van der Waals surface area contributed by atoms with Gasteiger partial charge in [-0.05, 0) is 32.7 Å². The summed E-state index contributed by atoms with van der Waals surface area (Å²) in [5, 5.41) is 6.71. The molecule has 2 fully saturated rings. The molecule has 0 bridgehead atoms. The molecule has 2 N–H and O–H groups in total. The van der Waals surface area contributed by atoms with Crippen LogP contribution in [0.25, 0.3) is 0 Å². The molecule has 2 aliphatic heterocycles. The minimum atomic E-state index is 0.292. The molecule has 2 saturated heterocycles. The molecule has 7 heteroatoms. The molecule has 1 unspecified atom stereocenters. The number of guanidine groups is 1. The van der Waals surface area contributed by atoms with Gasteiger partial charge < -0.3 is 24.8 Å². The molecule has 0 saturated carbocycles. The first-order valence-electron chi connectivity index (χ1n) is 9.40. The Kier molecular flexibility index (Phi) is 10.1. The molecule has 2 rings (SSSR count). The molecule has 0 aromatic heterocycles. The van der Waals surface area contributed by atoms with Crippen LogP contribution in [0.5, 0.6) is 0 Å². The first-order chi connectivity index (χ1) is 11.9. The first kappa shape index (κ1) is 19.4. The smallest absolute Gasteiger partial charge is 0.191 e. The van der Waals surface area contributed by atoms with Crippen molar-refractivity contribution < 1.29 is 14.2 Å². The standard InChI is InChI=1S/C17H34N4O3/c1-2-18-17(19-6-3-8-21-9-13-22-14-10-21)20-7-4-11-24-16-5-12-23-15-16/h16H,2-15H2,1H3,(H2,18,19,20). The lowest BCUT2D eigenvalue weighted by molar-refractivity contribution is 0.0376. The van der Waals surface area contributed by atoms with Crippen LogP contribution >= 0.6 is 0 Å². The number of morpholine rings is 1. The van der Waals surface area contributed by atoms with Gasteiger partial charge in [-0.2, -0.15) is 0 Å². The van der Waals surface area contributed by atoms with Crippen molar-refractivity contribution in [2.75, 3.05) is 72.3 Å². The van der Waals surface area contributed by atoms with E-state index in [1.807, 2.05) is 0 Å². The summed E-state index contributed by atoms with van der Waals surface area (Å²) in [6.07, 6.45) is 3.38. The van der Waals surface area contributed by atoms with E-state index in [0.29, 0.717) is 6.10 Å². The van der Waals surface area contributed by atoms with E-state index in [2.05, 4.69) is 27.4 Å². The largest absolute Gasteiger partial charge is 0.379 e. The van der Waals surface area contributed by atoms with Crippen molar-refractivity contribution in [2.45, 2.75) is 32.3 Å². The fourth-order valence-electron chi connectivity index (χ4n) is 2.83. The molecule has 1 atom stereocenters. The minimum absolute atomic E-state index is 0.292. The third kappa shape index (κ3) is 8.28. The number of aliphatic imine (C=N–C) groups is 1. The Balaban J connectivity index is 1.52. The molecule has 0 amide bonds. The Morgan fingerprint density at radius 1 is 1.17 bits per heavy atom. The van der Waals surface area contributed by atoms with E-state index in [1.54, 1.807) is 0 Å². The third-order valence-corrected chi connectivity index (χ3v) is 4.21. The highest BCUT2D eigenvalue weighted by atomic mass is 16.5. The number of ether oxygens (including phenoxy) is 3. The summed E-state index contributed by atoms with van der Waals surface area (Å²) in [5.74, 6) is 0.906. The molecule has 0 spiro atoms. The maximum atomic E-state index is 5.76. The monoisotopic (exact) mass is 342 g/mol. The van der Waals surface area contributed by atoms with E-state index < -0.39 is 0 Å². The lowest BCUT2D eigenvalue weighted by Crippen LogP contribution is -2.40. The Hall–Kier alpha value is -0.890. The van der Waals surface area contributed by atoms with Crippen molar-refractivity contribution in [2.24, 2.45) is 4.99 Å². The van der Waals surface area contributed by atoms with Gasteiger partial charge in [-0.25, -0.2) is 0 Å². The maximum absolute atomic E-state index is 5.76. The molecule has 0 aromatic carbocycles. The highest BCUT2D eigenvalue weighted by molar-refractivity contribution is 5.79. The number of hydrogen-bond acceptors (Lipinski definition) is 5. The molecular weight excluding hydrogens is 308 g/mol. The Labute approximate surface area is 146 Å². The Morgan fingerprint density at radius 3 is 2.79 bits per heavy atom. The summed E-state index contributed by atoms with van der Waals surface area (Å²) in [7, 11) is 0. The van der Waals surface area contributed by atoms with Gasteiger partial charge in [-0.15, -0.1) is 0 Å². The van der Waals surface area contributed by atoms with Crippen LogP contribution in [0.1, 0.15) is 26.2 Å². The van der Waals surface area contributed by atoms with Crippen LogP contribution in [0.2, 0.25) is 0 Å². The number of rotatable bonds is 10. The number of nitrogens with one attached hydrogen (secondary N) is 2. The van der Waals surface area contributed by atoms with Gasteiger partial charge in [0, 0.05) is 45.9 Å². The van der Waals surface area contributed by atoms with Crippen LogP contribution in [0.4, 0.5) is 0 Å². The highest BCUT2D eigenvalue weighted by Gasteiger charge is 2.15. The average molecular weight is 342 g/mol. The van der Waals surface area contributed by atoms with Crippen molar-refractivity contribution in [3.63, 3.8) is 0 Å². The molecule has 140 valence electrons. The quantitative estimate of drug-likeness (QED) is 0.342. The molecule has 24 heavy (non-hydrogen) atoms. The van der Waals surface area contributed by atoms with E-state index in [9.17, 15) is 0 Å². The summed E-state index contributed by atoms with van der Waals surface area (Å²) in [4.78, 5) is 7.07. The number of hydrogen-bond donors (Lipinski definition) is 2. The van der Waals surface area contributed by atoms with Gasteiger partial charge >= 0.3 is 0 Å². The second-order valence-corrected chi connectivity index (χ2v) is 6.20. The summed E-state index contributed by atoms with van der Waals surface area (Å²) in [5.41, 5.74) is 0.